The molecule has 2 unspecified atom stereocenters. The van der Waals surface area contributed by atoms with Crippen molar-refractivity contribution in [3.8, 4) is 0 Å². The summed E-state index contributed by atoms with van der Waals surface area (Å²) in [5.74, 6) is -1.68. The van der Waals surface area contributed by atoms with Crippen LogP contribution in [0.5, 0.6) is 0 Å². The van der Waals surface area contributed by atoms with Gasteiger partial charge in [0.25, 0.3) is 0 Å². The molecule has 1 rings (SSSR count). The van der Waals surface area contributed by atoms with E-state index in [0.29, 0.717) is 0 Å². The molecule has 100 valence electrons. The van der Waals surface area contributed by atoms with Gasteiger partial charge < -0.3 is 31.3 Å². The molecule has 1 aliphatic rings. The number of nitrogens with one attached hydrogen (secondary N) is 1. The summed E-state index contributed by atoms with van der Waals surface area (Å²) in [7, 11) is -0.750. The van der Waals surface area contributed by atoms with Crippen LogP contribution in [-0.2, 0) is 9.59 Å². The average molecular weight is 250 g/mol. The number of aliphatic carboxylic acids is 2. The van der Waals surface area contributed by atoms with Crippen LogP contribution in [0.2, 0.25) is 0 Å². The summed E-state index contributed by atoms with van der Waals surface area (Å²) >= 11 is 0. The lowest BCUT2D eigenvalue weighted by molar-refractivity contribution is -0.139. The summed E-state index contributed by atoms with van der Waals surface area (Å²) in [4.78, 5) is 19.7. The van der Waals surface area contributed by atoms with Crippen molar-refractivity contribution >= 4 is 19.6 Å². The second-order valence-corrected chi connectivity index (χ2v) is 3.26. The smallest absolute Gasteiger partial charge is 0.432 e. The maximum atomic E-state index is 10.1. The van der Waals surface area contributed by atoms with Crippen LogP contribution in [0.4, 0.5) is 0 Å². The first-order valence-electron chi connectivity index (χ1n) is 5.03. The number of carboxylic acid groups (broad SMARTS) is 2. The highest BCUT2D eigenvalue weighted by molar-refractivity contribution is 6.13. The van der Waals surface area contributed by atoms with Crippen LogP contribution in [0.25, 0.3) is 0 Å². The van der Waals surface area contributed by atoms with Crippen LogP contribution >= 0.6 is 0 Å². The summed E-state index contributed by atoms with van der Waals surface area (Å²) in [5.41, 5.74) is 4.84. The first-order valence-corrected chi connectivity index (χ1v) is 5.03. The molecule has 0 amide bonds. The number of carbonyl (C=O) groups is 2. The van der Waals surface area contributed by atoms with E-state index in [1.807, 2.05) is 0 Å². The van der Waals surface area contributed by atoms with Crippen LogP contribution in [0, 0.1) is 0 Å². The van der Waals surface area contributed by atoms with Gasteiger partial charge >= 0.3 is 19.6 Å². The Kier molecular flexibility index (Phi) is 12.1. The van der Waals surface area contributed by atoms with Gasteiger partial charge in [0.05, 0.1) is 0 Å². The number of rotatable bonds is 2. The minimum Gasteiger partial charge on any atom is -0.480 e. The van der Waals surface area contributed by atoms with Crippen molar-refractivity contribution in [1.29, 1.82) is 0 Å². The molecule has 1 saturated heterocycles. The Hall–Kier alpha value is -1.16. The zero-order chi connectivity index (χ0) is 13.8. The molecule has 7 N–H and O–H groups in total. The summed E-state index contributed by atoms with van der Waals surface area (Å²) < 4.78 is 0. The third-order valence-corrected chi connectivity index (χ3v) is 1.75. The molecular weight excluding hydrogens is 231 g/mol. The number of hydrogen-bond acceptors (Lipinski definition) is 6. The van der Waals surface area contributed by atoms with Crippen molar-refractivity contribution in [2.45, 2.75) is 31.8 Å². The van der Waals surface area contributed by atoms with Crippen molar-refractivity contribution in [1.82, 2.24) is 5.32 Å². The Labute approximate surface area is 99.7 Å². The van der Waals surface area contributed by atoms with Crippen LogP contribution in [-0.4, -0.2) is 58.5 Å². The van der Waals surface area contributed by atoms with Gasteiger partial charge in [0.15, 0.2) is 0 Å². The van der Waals surface area contributed by atoms with Crippen molar-refractivity contribution < 1.29 is 29.9 Å². The molecule has 1 aliphatic heterocycles. The van der Waals surface area contributed by atoms with E-state index in [2.05, 4.69) is 5.32 Å². The average Bonchev–Trinajstić information content (AvgIpc) is 2.72. The highest BCUT2D eigenvalue weighted by atomic mass is 16.4. The van der Waals surface area contributed by atoms with Gasteiger partial charge in [-0.2, -0.15) is 0 Å². The predicted molar refractivity (Wildman–Crippen MR) is 61.5 cm³/mol. The zero-order valence-electron chi connectivity index (χ0n) is 9.67. The van der Waals surface area contributed by atoms with E-state index in [-0.39, 0.29) is 6.04 Å². The van der Waals surface area contributed by atoms with Gasteiger partial charge in [0.2, 0.25) is 0 Å². The highest BCUT2D eigenvalue weighted by Gasteiger charge is 2.20. The SMILES string of the molecule is CC(N)C(=O)O.O=C(O)C1CCCN1.OBO. The second kappa shape index (κ2) is 11.3. The molecule has 1 heterocycles. The van der Waals surface area contributed by atoms with Crippen LogP contribution in [0.3, 0.4) is 0 Å². The molecule has 9 heteroatoms. The fourth-order valence-corrected chi connectivity index (χ4v) is 0.895. The van der Waals surface area contributed by atoms with E-state index in [4.69, 9.17) is 26.0 Å². The van der Waals surface area contributed by atoms with Crippen molar-refractivity contribution in [3.05, 3.63) is 0 Å². The third kappa shape index (κ3) is 12.8. The lowest BCUT2D eigenvalue weighted by Gasteiger charge is -1.99. The quantitative estimate of drug-likeness (QED) is 0.293. The maximum absolute atomic E-state index is 10.1. The van der Waals surface area contributed by atoms with E-state index in [9.17, 15) is 9.59 Å². The standard InChI is InChI=1S/C5H9NO2.C3H7NO2.BH3O2/c7-5(8)4-2-1-3-6-4;1-2(4)3(5)6;2-1-3/h4,6H,1-3H2,(H,7,8);2H,4H2,1H3,(H,5,6);1-3H. The Morgan fingerprint density at radius 1 is 1.41 bits per heavy atom. The second-order valence-electron chi connectivity index (χ2n) is 3.26. The Morgan fingerprint density at radius 2 is 1.82 bits per heavy atom. The van der Waals surface area contributed by atoms with Gasteiger partial charge in [-0.25, -0.2) is 0 Å². The fraction of sp³-hybridized carbons (Fsp3) is 0.750. The van der Waals surface area contributed by atoms with Gasteiger partial charge in [0.1, 0.15) is 12.1 Å². The molecular formula is C8H19BN2O6. The number of hydrogen-bond donors (Lipinski definition) is 6. The van der Waals surface area contributed by atoms with E-state index >= 15 is 0 Å². The lowest BCUT2D eigenvalue weighted by atomic mass is 10.2. The Bertz CT molecular complexity index is 220. The first kappa shape index (κ1) is 18.2. The molecule has 2 atom stereocenters. The molecule has 0 aromatic carbocycles. The molecule has 8 nitrogen and oxygen atoms in total. The van der Waals surface area contributed by atoms with Crippen molar-refractivity contribution in [3.63, 3.8) is 0 Å². The normalized spacial score (nSPS) is 18.9. The Morgan fingerprint density at radius 3 is 1.94 bits per heavy atom. The maximum Gasteiger partial charge on any atom is 0.432 e. The van der Waals surface area contributed by atoms with Gasteiger partial charge in [-0.3, -0.25) is 9.59 Å². The molecule has 17 heavy (non-hydrogen) atoms. The van der Waals surface area contributed by atoms with Gasteiger partial charge in [0, 0.05) is 0 Å². The molecule has 0 radical (unpaired) electrons. The zero-order valence-corrected chi connectivity index (χ0v) is 9.67. The van der Waals surface area contributed by atoms with Gasteiger partial charge in [-0.05, 0) is 26.3 Å². The van der Waals surface area contributed by atoms with Crippen LogP contribution in [0.15, 0.2) is 0 Å². The lowest BCUT2D eigenvalue weighted by Crippen LogP contribution is -2.29. The topological polar surface area (TPSA) is 153 Å². The van der Waals surface area contributed by atoms with Crippen molar-refractivity contribution in [2.24, 2.45) is 5.73 Å². The van der Waals surface area contributed by atoms with E-state index in [0.717, 1.165) is 19.4 Å². The largest absolute Gasteiger partial charge is 0.480 e. The summed E-state index contributed by atoms with van der Waals surface area (Å²) in [6.07, 6.45) is 1.78. The minimum absolute atomic E-state index is 0.269. The van der Waals surface area contributed by atoms with E-state index < -0.39 is 25.7 Å². The van der Waals surface area contributed by atoms with Crippen molar-refractivity contribution in [2.75, 3.05) is 6.54 Å². The highest BCUT2D eigenvalue weighted by Crippen LogP contribution is 2.03. The van der Waals surface area contributed by atoms with Crippen LogP contribution < -0.4 is 11.1 Å². The summed E-state index contributed by atoms with van der Waals surface area (Å²) in [6.45, 7) is 2.28. The van der Waals surface area contributed by atoms with Crippen LogP contribution in [0.1, 0.15) is 19.8 Å². The molecule has 0 bridgehead atoms. The van der Waals surface area contributed by atoms with Gasteiger partial charge in [-0.15, -0.1) is 0 Å². The van der Waals surface area contributed by atoms with E-state index in [1.165, 1.54) is 6.92 Å². The Balaban J connectivity index is 0. The molecule has 0 aromatic heterocycles. The molecule has 1 fully saturated rings. The predicted octanol–water partition coefficient (Wildman–Crippen LogP) is -2.52. The molecule has 0 saturated carbocycles. The monoisotopic (exact) mass is 250 g/mol. The van der Waals surface area contributed by atoms with E-state index in [1.54, 1.807) is 0 Å². The van der Waals surface area contributed by atoms with Gasteiger partial charge in [-0.1, -0.05) is 0 Å². The minimum atomic E-state index is -0.963. The molecule has 0 aromatic rings. The third-order valence-electron chi connectivity index (χ3n) is 1.75. The molecule has 0 aliphatic carbocycles. The summed E-state index contributed by atoms with van der Waals surface area (Å²) in [6, 6.07) is -1.00. The molecule has 0 spiro atoms. The number of carboxylic acids is 2. The summed E-state index contributed by atoms with van der Waals surface area (Å²) in [5, 5.41) is 33.3. The fourth-order valence-electron chi connectivity index (χ4n) is 0.895. The number of nitrogens with two attached hydrogens (primary N) is 1. The first-order chi connectivity index (χ1) is 7.86.